The van der Waals surface area contributed by atoms with Gasteiger partial charge in [-0.3, -0.25) is 14.5 Å². The molecule has 0 unspecified atom stereocenters. The molecule has 0 bridgehead atoms. The van der Waals surface area contributed by atoms with E-state index in [0.717, 1.165) is 11.8 Å². The molecular weight excluding hydrogens is 414 g/mol. The van der Waals surface area contributed by atoms with Crippen LogP contribution in [0.3, 0.4) is 0 Å². The molecule has 8 nitrogen and oxygen atoms in total. The maximum Gasteiger partial charge on any atom is 0.337 e. The normalized spacial score (nSPS) is 15.2. The van der Waals surface area contributed by atoms with Crippen molar-refractivity contribution in [1.29, 1.82) is 0 Å². The molecule has 0 saturated carbocycles. The molecule has 3 rings (SSSR count). The number of carbonyl (C=O) groups is 3. The first kappa shape index (κ1) is 20.6. The van der Waals surface area contributed by atoms with Crippen LogP contribution in [0.15, 0.2) is 41.4 Å². The zero-order valence-electron chi connectivity index (χ0n) is 15.3. The molecule has 10 heteroatoms. The van der Waals surface area contributed by atoms with Gasteiger partial charge in [-0.2, -0.15) is 0 Å². The fourth-order valence-corrected chi connectivity index (χ4v) is 3.99. The first-order valence-electron chi connectivity index (χ1n) is 8.49. The van der Waals surface area contributed by atoms with E-state index in [1.165, 1.54) is 28.8 Å². The summed E-state index contributed by atoms with van der Waals surface area (Å²) in [5.74, 6) is -2.24. The van der Waals surface area contributed by atoms with Crippen molar-refractivity contribution in [1.82, 2.24) is 9.47 Å². The number of benzene rings is 1. The molecular formula is C19H17N3O5S2. The number of nitrogens with one attached hydrogen (secondary N) is 1. The first-order valence-corrected chi connectivity index (χ1v) is 9.71. The Labute approximate surface area is 175 Å². The lowest BCUT2D eigenvalue weighted by Crippen LogP contribution is -2.31. The van der Waals surface area contributed by atoms with Gasteiger partial charge < -0.3 is 20.1 Å². The van der Waals surface area contributed by atoms with Crippen molar-refractivity contribution in [3.8, 4) is 5.75 Å². The molecule has 1 aliphatic heterocycles. The Bertz CT molecular complexity index is 1040. The maximum atomic E-state index is 12.6. The van der Waals surface area contributed by atoms with Gasteiger partial charge in [0.15, 0.2) is 0 Å². The van der Waals surface area contributed by atoms with Gasteiger partial charge in [0.05, 0.1) is 16.2 Å². The van der Waals surface area contributed by atoms with E-state index in [0.29, 0.717) is 9.23 Å². The number of aromatic carboxylic acids is 1. The van der Waals surface area contributed by atoms with Crippen LogP contribution < -0.4 is 5.32 Å². The van der Waals surface area contributed by atoms with E-state index in [1.807, 2.05) is 29.9 Å². The Morgan fingerprint density at radius 1 is 1.31 bits per heavy atom. The van der Waals surface area contributed by atoms with Crippen LogP contribution in [0.4, 0.5) is 5.69 Å². The van der Waals surface area contributed by atoms with Crippen LogP contribution in [0.1, 0.15) is 22.5 Å². The second kappa shape index (κ2) is 8.50. The highest BCUT2D eigenvalue weighted by Gasteiger charge is 2.32. The number of thiocarbonyl (C=S) groups is 1. The average molecular weight is 431 g/mol. The Hall–Kier alpha value is -3.11. The molecule has 1 aromatic heterocycles. The van der Waals surface area contributed by atoms with Gasteiger partial charge in [-0.1, -0.05) is 24.0 Å². The number of anilines is 1. The molecule has 1 aliphatic rings. The number of carboxylic acids is 1. The van der Waals surface area contributed by atoms with E-state index in [-0.39, 0.29) is 35.9 Å². The molecule has 2 aromatic rings. The Morgan fingerprint density at radius 3 is 2.72 bits per heavy atom. The summed E-state index contributed by atoms with van der Waals surface area (Å²) >= 11 is 6.43. The number of aryl methyl sites for hydroxylation is 1. The van der Waals surface area contributed by atoms with Crippen LogP contribution in [0.25, 0.3) is 6.08 Å². The average Bonchev–Trinajstić information content (AvgIpc) is 3.18. The molecule has 3 N–H and O–H groups in total. The highest BCUT2D eigenvalue weighted by molar-refractivity contribution is 8.26. The van der Waals surface area contributed by atoms with Gasteiger partial charge in [0.1, 0.15) is 10.1 Å². The SMILES string of the molecule is Cn1cccc1C=C1SC(=S)N(CCC(=O)Nc2ccc(O)cc2C(=O)O)C1=O. The number of amides is 2. The van der Waals surface area contributed by atoms with Gasteiger partial charge in [0.2, 0.25) is 5.91 Å². The number of carboxylic acid groups (broad SMARTS) is 1. The number of hydrogen-bond donors (Lipinski definition) is 3. The number of rotatable bonds is 6. The fraction of sp³-hybridized carbons (Fsp3) is 0.158. The van der Waals surface area contributed by atoms with E-state index < -0.39 is 11.9 Å². The third-order valence-corrected chi connectivity index (χ3v) is 5.58. The number of carbonyl (C=O) groups excluding carboxylic acids is 2. The lowest BCUT2D eigenvalue weighted by Gasteiger charge is -2.14. The second-order valence-electron chi connectivity index (χ2n) is 6.21. The molecule has 2 heterocycles. The van der Waals surface area contributed by atoms with Crippen molar-refractivity contribution in [3.63, 3.8) is 0 Å². The predicted molar refractivity (Wildman–Crippen MR) is 114 cm³/mol. The number of thioether (sulfide) groups is 1. The lowest BCUT2D eigenvalue weighted by molar-refractivity contribution is -0.122. The van der Waals surface area contributed by atoms with E-state index >= 15 is 0 Å². The summed E-state index contributed by atoms with van der Waals surface area (Å²) in [6, 6.07) is 7.37. The molecule has 0 spiro atoms. The molecule has 1 fully saturated rings. The standard InChI is InChI=1S/C19H17N3O5S2/c1-21-7-2-3-11(21)9-15-17(25)22(19(28)29-15)8-6-16(24)20-14-5-4-12(23)10-13(14)18(26)27/h2-5,7,9-10,23H,6,8H2,1H3,(H,20,24)(H,26,27). The molecule has 2 amide bonds. The second-order valence-corrected chi connectivity index (χ2v) is 7.89. The topological polar surface area (TPSA) is 112 Å². The van der Waals surface area contributed by atoms with Gasteiger partial charge >= 0.3 is 5.97 Å². The van der Waals surface area contributed by atoms with Crippen molar-refractivity contribution in [2.24, 2.45) is 7.05 Å². The predicted octanol–water partition coefficient (Wildman–Crippen LogP) is 2.66. The fourth-order valence-electron chi connectivity index (χ4n) is 2.70. The maximum absolute atomic E-state index is 12.6. The Morgan fingerprint density at radius 2 is 2.07 bits per heavy atom. The quantitative estimate of drug-likeness (QED) is 0.366. The van der Waals surface area contributed by atoms with Crippen LogP contribution in [0.5, 0.6) is 5.75 Å². The number of phenols is 1. The van der Waals surface area contributed by atoms with Crippen molar-refractivity contribution in [3.05, 3.63) is 52.7 Å². The van der Waals surface area contributed by atoms with Gasteiger partial charge in [-0.15, -0.1) is 0 Å². The minimum atomic E-state index is -1.28. The van der Waals surface area contributed by atoms with Crippen molar-refractivity contribution >= 4 is 57.8 Å². The van der Waals surface area contributed by atoms with Gasteiger partial charge in [-0.05, 0) is 36.4 Å². The van der Waals surface area contributed by atoms with Crippen LogP contribution in [-0.4, -0.2) is 48.3 Å². The molecule has 1 aromatic carbocycles. The summed E-state index contributed by atoms with van der Waals surface area (Å²) in [6.45, 7) is 0.0709. The monoisotopic (exact) mass is 431 g/mol. The summed E-state index contributed by atoms with van der Waals surface area (Å²) in [7, 11) is 1.87. The van der Waals surface area contributed by atoms with Gasteiger partial charge in [0, 0.05) is 31.9 Å². The molecule has 29 heavy (non-hydrogen) atoms. The molecule has 150 valence electrons. The van der Waals surface area contributed by atoms with Crippen molar-refractivity contribution in [2.45, 2.75) is 6.42 Å². The molecule has 0 aliphatic carbocycles. The smallest absolute Gasteiger partial charge is 0.337 e. The number of hydrogen-bond acceptors (Lipinski definition) is 6. The summed E-state index contributed by atoms with van der Waals surface area (Å²) in [5, 5.41) is 21.1. The van der Waals surface area contributed by atoms with E-state index in [4.69, 9.17) is 12.2 Å². The van der Waals surface area contributed by atoms with Crippen molar-refractivity contribution < 1.29 is 24.6 Å². The van der Waals surface area contributed by atoms with Gasteiger partial charge in [0.25, 0.3) is 5.91 Å². The largest absolute Gasteiger partial charge is 0.508 e. The lowest BCUT2D eigenvalue weighted by atomic mass is 10.1. The molecule has 0 atom stereocenters. The summed E-state index contributed by atoms with van der Waals surface area (Å²) < 4.78 is 2.23. The van der Waals surface area contributed by atoms with Crippen LogP contribution >= 0.6 is 24.0 Å². The van der Waals surface area contributed by atoms with E-state index in [2.05, 4.69) is 5.32 Å². The summed E-state index contributed by atoms with van der Waals surface area (Å²) in [5.41, 5.74) is 0.695. The van der Waals surface area contributed by atoms with Crippen LogP contribution in [0, 0.1) is 0 Å². The number of aromatic hydroxyl groups is 1. The Balaban J connectivity index is 1.64. The minimum absolute atomic E-state index is 0.0642. The third-order valence-electron chi connectivity index (χ3n) is 4.21. The number of phenolic OH excluding ortho intramolecular Hbond substituents is 1. The highest BCUT2D eigenvalue weighted by Crippen LogP contribution is 2.32. The molecule has 0 radical (unpaired) electrons. The van der Waals surface area contributed by atoms with E-state index in [9.17, 15) is 24.6 Å². The van der Waals surface area contributed by atoms with Crippen LogP contribution in [0.2, 0.25) is 0 Å². The zero-order valence-corrected chi connectivity index (χ0v) is 16.9. The zero-order chi connectivity index (χ0) is 21.1. The molecule has 1 saturated heterocycles. The Kier molecular flexibility index (Phi) is 6.04. The van der Waals surface area contributed by atoms with Crippen LogP contribution in [-0.2, 0) is 16.6 Å². The minimum Gasteiger partial charge on any atom is -0.508 e. The summed E-state index contributed by atoms with van der Waals surface area (Å²) in [6.07, 6.45) is 3.55. The first-order chi connectivity index (χ1) is 13.8. The summed E-state index contributed by atoms with van der Waals surface area (Å²) in [4.78, 5) is 37.9. The van der Waals surface area contributed by atoms with E-state index in [1.54, 1.807) is 6.08 Å². The van der Waals surface area contributed by atoms with Gasteiger partial charge in [-0.25, -0.2) is 4.79 Å². The third kappa shape index (κ3) is 4.66. The van der Waals surface area contributed by atoms with Crippen molar-refractivity contribution in [2.75, 3.05) is 11.9 Å². The number of nitrogens with zero attached hydrogens (tertiary/aromatic N) is 2. The number of aromatic nitrogens is 1. The highest BCUT2D eigenvalue weighted by atomic mass is 32.2.